The summed E-state index contributed by atoms with van der Waals surface area (Å²) in [5, 5.41) is 7.03. The molecule has 2 saturated heterocycles. The van der Waals surface area contributed by atoms with Gasteiger partial charge in [0, 0.05) is 51.3 Å². The molecule has 2 aliphatic rings. The maximum absolute atomic E-state index is 13.0. The first kappa shape index (κ1) is 20.1. The summed E-state index contributed by atoms with van der Waals surface area (Å²) in [6.45, 7) is 5.40. The maximum Gasteiger partial charge on any atom is 0.236 e. The number of ether oxygens (including phenoxy) is 2. The second-order valence-electron chi connectivity index (χ2n) is 8.02. The van der Waals surface area contributed by atoms with Crippen LogP contribution in [0.15, 0.2) is 42.6 Å². The van der Waals surface area contributed by atoms with Crippen molar-refractivity contribution in [1.82, 2.24) is 20.0 Å². The number of carbonyl (C=O) groups excluding carboxylic acids is 1. The van der Waals surface area contributed by atoms with Crippen LogP contribution in [0.3, 0.4) is 0 Å². The van der Waals surface area contributed by atoms with Gasteiger partial charge in [-0.3, -0.25) is 14.8 Å². The number of H-pyrrole nitrogens is 1. The molecule has 1 amide bonds. The van der Waals surface area contributed by atoms with E-state index in [1.165, 1.54) is 0 Å². The fourth-order valence-electron chi connectivity index (χ4n) is 4.09. The van der Waals surface area contributed by atoms with Crippen molar-refractivity contribution in [2.75, 3.05) is 39.4 Å². The molecule has 0 aliphatic carbocycles. The monoisotopic (exact) mass is 398 g/mol. The number of amides is 1. The molecule has 4 rings (SSSR count). The van der Waals surface area contributed by atoms with Crippen molar-refractivity contribution in [3.8, 4) is 0 Å². The van der Waals surface area contributed by atoms with Crippen LogP contribution in [0, 0.1) is 5.92 Å². The van der Waals surface area contributed by atoms with Crippen LogP contribution in [0.2, 0.25) is 0 Å². The molecule has 7 heteroatoms. The lowest BCUT2D eigenvalue weighted by molar-refractivity contribution is -0.133. The molecule has 0 unspecified atom stereocenters. The van der Waals surface area contributed by atoms with Gasteiger partial charge >= 0.3 is 0 Å². The van der Waals surface area contributed by atoms with Crippen LogP contribution >= 0.6 is 0 Å². The van der Waals surface area contributed by atoms with E-state index < -0.39 is 0 Å². The minimum Gasteiger partial charge on any atom is -0.381 e. The van der Waals surface area contributed by atoms with E-state index >= 15 is 0 Å². The van der Waals surface area contributed by atoms with Gasteiger partial charge in [0.1, 0.15) is 0 Å². The second-order valence-corrected chi connectivity index (χ2v) is 8.02. The third-order valence-corrected chi connectivity index (χ3v) is 5.70. The van der Waals surface area contributed by atoms with Crippen LogP contribution in [-0.4, -0.2) is 71.4 Å². The highest BCUT2D eigenvalue weighted by Crippen LogP contribution is 2.19. The van der Waals surface area contributed by atoms with Crippen LogP contribution in [0.1, 0.15) is 24.1 Å². The molecule has 1 aromatic carbocycles. The molecule has 2 aliphatic heterocycles. The Morgan fingerprint density at radius 3 is 2.72 bits per heavy atom. The van der Waals surface area contributed by atoms with Gasteiger partial charge in [0.2, 0.25) is 5.91 Å². The fraction of sp³-hybridized carbons (Fsp3) is 0.545. The molecule has 0 bridgehead atoms. The summed E-state index contributed by atoms with van der Waals surface area (Å²) in [5.74, 6) is 0.698. The number of nitrogens with one attached hydrogen (secondary N) is 1. The van der Waals surface area contributed by atoms with Crippen LogP contribution in [0.25, 0.3) is 0 Å². The molecule has 7 nitrogen and oxygen atoms in total. The van der Waals surface area contributed by atoms with E-state index in [0.717, 1.165) is 50.4 Å². The summed E-state index contributed by atoms with van der Waals surface area (Å²) in [6, 6.07) is 12.2. The highest BCUT2D eigenvalue weighted by Gasteiger charge is 2.30. The molecular weight excluding hydrogens is 368 g/mol. The SMILES string of the molecule is O=C1CN(Cc2ccn[nH]2)C[C@@H](OCc2ccccc2)CN1CC1CCOCC1. The third kappa shape index (κ3) is 5.88. The van der Waals surface area contributed by atoms with Crippen LogP contribution < -0.4 is 0 Å². The maximum atomic E-state index is 13.0. The molecule has 1 aromatic heterocycles. The molecule has 29 heavy (non-hydrogen) atoms. The topological polar surface area (TPSA) is 70.7 Å². The lowest BCUT2D eigenvalue weighted by Gasteiger charge is -2.30. The van der Waals surface area contributed by atoms with Gasteiger partial charge in [0.15, 0.2) is 0 Å². The molecule has 2 fully saturated rings. The van der Waals surface area contributed by atoms with Gasteiger partial charge in [-0.15, -0.1) is 0 Å². The Labute approximate surface area is 172 Å². The van der Waals surface area contributed by atoms with E-state index in [0.29, 0.717) is 32.2 Å². The quantitative estimate of drug-likeness (QED) is 0.773. The number of rotatable bonds is 7. The Bertz CT molecular complexity index is 747. The molecule has 1 atom stereocenters. The summed E-state index contributed by atoms with van der Waals surface area (Å²) in [4.78, 5) is 17.2. The predicted molar refractivity (Wildman–Crippen MR) is 109 cm³/mol. The number of hydrogen-bond acceptors (Lipinski definition) is 5. The predicted octanol–water partition coefficient (Wildman–Crippen LogP) is 2.07. The van der Waals surface area contributed by atoms with E-state index in [-0.39, 0.29) is 12.0 Å². The fourth-order valence-corrected chi connectivity index (χ4v) is 4.09. The molecule has 156 valence electrons. The molecule has 2 aromatic rings. The van der Waals surface area contributed by atoms with Crippen molar-refractivity contribution in [1.29, 1.82) is 0 Å². The average Bonchev–Trinajstić information content (AvgIpc) is 3.20. The molecule has 0 spiro atoms. The zero-order valence-corrected chi connectivity index (χ0v) is 16.8. The van der Waals surface area contributed by atoms with E-state index in [1.807, 2.05) is 29.2 Å². The number of aromatic nitrogens is 2. The summed E-state index contributed by atoms with van der Waals surface area (Å²) in [7, 11) is 0. The first-order valence-electron chi connectivity index (χ1n) is 10.5. The Morgan fingerprint density at radius 1 is 1.14 bits per heavy atom. The summed E-state index contributed by atoms with van der Waals surface area (Å²) >= 11 is 0. The normalized spacial score (nSPS) is 22.0. The van der Waals surface area contributed by atoms with Crippen molar-refractivity contribution in [3.63, 3.8) is 0 Å². The summed E-state index contributed by atoms with van der Waals surface area (Å²) in [6.07, 6.45) is 3.77. The zero-order valence-electron chi connectivity index (χ0n) is 16.8. The minimum absolute atomic E-state index is 0.0237. The van der Waals surface area contributed by atoms with Crippen LogP contribution in [0.5, 0.6) is 0 Å². The Kier molecular flexibility index (Phi) is 6.92. The van der Waals surface area contributed by atoms with Crippen molar-refractivity contribution in [2.24, 2.45) is 5.92 Å². The number of nitrogens with zero attached hydrogens (tertiary/aromatic N) is 3. The Balaban J connectivity index is 1.42. The Hall–Kier alpha value is -2.22. The van der Waals surface area contributed by atoms with Crippen LogP contribution in [0.4, 0.5) is 0 Å². The standard InChI is InChI=1S/C22H30N4O3/c27-22-16-25(13-20-6-9-23-24-20)14-21(29-17-19-4-2-1-3-5-19)15-26(22)12-18-7-10-28-11-8-18/h1-6,9,18,21H,7-8,10-17H2,(H,23,24)/t21-/m1/s1. The second kappa shape index (κ2) is 10.0. The van der Waals surface area contributed by atoms with Crippen molar-refractivity contribution < 1.29 is 14.3 Å². The average molecular weight is 399 g/mol. The van der Waals surface area contributed by atoms with Gasteiger partial charge in [-0.05, 0) is 30.4 Å². The highest BCUT2D eigenvalue weighted by atomic mass is 16.5. The van der Waals surface area contributed by atoms with Gasteiger partial charge in [0.05, 0.1) is 19.3 Å². The molecular formula is C22H30N4O3. The number of aromatic amines is 1. The number of benzene rings is 1. The molecule has 0 saturated carbocycles. The number of carbonyl (C=O) groups is 1. The van der Waals surface area contributed by atoms with Crippen molar-refractivity contribution >= 4 is 5.91 Å². The van der Waals surface area contributed by atoms with Crippen molar-refractivity contribution in [3.05, 3.63) is 53.9 Å². The van der Waals surface area contributed by atoms with E-state index in [4.69, 9.17) is 9.47 Å². The van der Waals surface area contributed by atoms with Gasteiger partial charge < -0.3 is 14.4 Å². The highest BCUT2D eigenvalue weighted by molar-refractivity contribution is 5.78. The smallest absolute Gasteiger partial charge is 0.236 e. The summed E-state index contributed by atoms with van der Waals surface area (Å²) < 4.78 is 11.8. The van der Waals surface area contributed by atoms with E-state index in [1.54, 1.807) is 6.20 Å². The van der Waals surface area contributed by atoms with Gasteiger partial charge in [-0.2, -0.15) is 5.10 Å². The van der Waals surface area contributed by atoms with Crippen molar-refractivity contribution in [2.45, 2.75) is 32.1 Å². The van der Waals surface area contributed by atoms with E-state index in [9.17, 15) is 4.79 Å². The zero-order chi connectivity index (χ0) is 19.9. The lowest BCUT2D eigenvalue weighted by Crippen LogP contribution is -2.42. The first-order valence-corrected chi connectivity index (χ1v) is 10.5. The lowest BCUT2D eigenvalue weighted by atomic mass is 9.99. The van der Waals surface area contributed by atoms with Gasteiger partial charge in [-0.25, -0.2) is 0 Å². The first-order chi connectivity index (χ1) is 14.3. The Morgan fingerprint density at radius 2 is 1.97 bits per heavy atom. The van der Waals surface area contributed by atoms with Gasteiger partial charge in [0.25, 0.3) is 0 Å². The summed E-state index contributed by atoms with van der Waals surface area (Å²) in [5.41, 5.74) is 2.16. The van der Waals surface area contributed by atoms with E-state index in [2.05, 4.69) is 27.2 Å². The number of hydrogen-bond donors (Lipinski definition) is 1. The molecule has 1 N–H and O–H groups in total. The molecule has 0 radical (unpaired) electrons. The largest absolute Gasteiger partial charge is 0.381 e. The third-order valence-electron chi connectivity index (χ3n) is 5.70. The van der Waals surface area contributed by atoms with Gasteiger partial charge in [-0.1, -0.05) is 30.3 Å². The minimum atomic E-state index is -0.0237. The molecule has 3 heterocycles. The van der Waals surface area contributed by atoms with Crippen LogP contribution in [-0.2, 0) is 27.4 Å².